The molecular weight excluding hydrogens is 356 g/mol. The summed E-state index contributed by atoms with van der Waals surface area (Å²) in [5, 5.41) is 26.0. The van der Waals surface area contributed by atoms with Crippen LogP contribution >= 0.6 is 0 Å². The predicted octanol–water partition coefficient (Wildman–Crippen LogP) is 0.819. The maximum atomic E-state index is 10.1. The zero-order valence-corrected chi connectivity index (χ0v) is 15.7. The van der Waals surface area contributed by atoms with Gasteiger partial charge in [-0.25, -0.2) is 4.98 Å². The van der Waals surface area contributed by atoms with E-state index in [-0.39, 0.29) is 0 Å². The number of morpholine rings is 1. The standard InChI is InChI=1S/C19H24N8O/c20-4-1-16(22)27-18-14(12-24-27)15(19(13-21)2-5-23-6-3-19)11-17(25-18)26-7-9-28-10-8-26/h1,4,11-12,20,23H,2-3,5-10,22H2. The molecule has 0 atom stereocenters. The summed E-state index contributed by atoms with van der Waals surface area (Å²) in [5.41, 5.74) is 7.09. The first-order chi connectivity index (χ1) is 13.7. The van der Waals surface area contributed by atoms with Gasteiger partial charge in [0.2, 0.25) is 0 Å². The van der Waals surface area contributed by atoms with Crippen molar-refractivity contribution in [1.29, 1.82) is 10.7 Å². The van der Waals surface area contributed by atoms with Gasteiger partial charge in [0, 0.05) is 24.7 Å². The summed E-state index contributed by atoms with van der Waals surface area (Å²) in [6.45, 7) is 4.40. The molecule has 9 heteroatoms. The number of anilines is 1. The van der Waals surface area contributed by atoms with Crippen LogP contribution in [0.15, 0.2) is 18.3 Å². The van der Waals surface area contributed by atoms with Gasteiger partial charge < -0.3 is 26.1 Å². The Bertz CT molecular complexity index is 945. The van der Waals surface area contributed by atoms with E-state index in [2.05, 4.69) is 21.4 Å². The highest BCUT2D eigenvalue weighted by Crippen LogP contribution is 2.39. The molecule has 4 N–H and O–H groups in total. The van der Waals surface area contributed by atoms with Gasteiger partial charge >= 0.3 is 0 Å². The molecular formula is C19H24N8O. The second-order valence-electron chi connectivity index (χ2n) is 7.12. The van der Waals surface area contributed by atoms with E-state index in [0.29, 0.717) is 24.7 Å². The number of nitrogens with two attached hydrogens (primary N) is 1. The monoisotopic (exact) mass is 380 g/mol. The van der Waals surface area contributed by atoms with Crippen molar-refractivity contribution in [1.82, 2.24) is 20.1 Å². The first-order valence-electron chi connectivity index (χ1n) is 9.49. The maximum Gasteiger partial charge on any atom is 0.167 e. The van der Waals surface area contributed by atoms with Gasteiger partial charge in [-0.1, -0.05) is 0 Å². The summed E-state index contributed by atoms with van der Waals surface area (Å²) in [4.78, 5) is 7.01. The van der Waals surface area contributed by atoms with Gasteiger partial charge in [-0.05, 0) is 43.6 Å². The van der Waals surface area contributed by atoms with Crippen LogP contribution in [0.5, 0.6) is 0 Å². The molecule has 0 unspecified atom stereocenters. The molecule has 2 aliphatic heterocycles. The fraction of sp³-hybridized carbons (Fsp3) is 0.474. The summed E-state index contributed by atoms with van der Waals surface area (Å²) in [7, 11) is 0. The van der Waals surface area contributed by atoms with Crippen LogP contribution in [0, 0.1) is 16.7 Å². The number of allylic oxidation sites excluding steroid dienone is 1. The Kier molecular flexibility index (Phi) is 4.98. The average Bonchev–Trinajstić information content (AvgIpc) is 3.18. The van der Waals surface area contributed by atoms with Crippen molar-refractivity contribution < 1.29 is 4.74 Å². The van der Waals surface area contributed by atoms with E-state index < -0.39 is 5.41 Å². The summed E-state index contributed by atoms with van der Waals surface area (Å²) < 4.78 is 7.02. The van der Waals surface area contributed by atoms with Crippen molar-refractivity contribution in [3.05, 3.63) is 23.9 Å². The van der Waals surface area contributed by atoms with Gasteiger partial charge in [-0.15, -0.1) is 0 Å². The number of nitrogens with zero attached hydrogens (tertiary/aromatic N) is 5. The number of nitriles is 1. The Morgan fingerprint density at radius 2 is 2.11 bits per heavy atom. The van der Waals surface area contributed by atoms with E-state index in [1.807, 2.05) is 6.07 Å². The second-order valence-corrected chi connectivity index (χ2v) is 7.12. The number of rotatable bonds is 4. The molecule has 9 nitrogen and oxygen atoms in total. The van der Waals surface area contributed by atoms with Gasteiger partial charge in [-0.3, -0.25) is 0 Å². The molecule has 2 aromatic rings. The van der Waals surface area contributed by atoms with Crippen LogP contribution in [0.4, 0.5) is 5.82 Å². The number of nitrogens with one attached hydrogen (secondary N) is 2. The van der Waals surface area contributed by atoms with Crippen LogP contribution in [0.3, 0.4) is 0 Å². The SMILES string of the molecule is N#CC1(c2cc(N3CCOCC3)nc3c2cnn3C(N)=CC=N)CCNCC1. The Labute approximate surface area is 163 Å². The van der Waals surface area contributed by atoms with Crippen LogP contribution in [-0.4, -0.2) is 60.4 Å². The molecule has 2 fully saturated rings. The lowest BCUT2D eigenvalue weighted by Gasteiger charge is -2.34. The molecule has 4 heterocycles. The maximum absolute atomic E-state index is 10.1. The van der Waals surface area contributed by atoms with E-state index in [4.69, 9.17) is 20.9 Å². The Balaban J connectivity index is 1.93. The van der Waals surface area contributed by atoms with Gasteiger partial charge in [0.1, 0.15) is 11.6 Å². The van der Waals surface area contributed by atoms with Crippen LogP contribution in [0.2, 0.25) is 0 Å². The van der Waals surface area contributed by atoms with E-state index in [9.17, 15) is 5.26 Å². The third-order valence-electron chi connectivity index (χ3n) is 5.55. The fourth-order valence-corrected chi connectivity index (χ4v) is 3.98. The van der Waals surface area contributed by atoms with Crippen molar-refractivity contribution in [2.45, 2.75) is 18.3 Å². The number of piperidine rings is 1. The van der Waals surface area contributed by atoms with Crippen molar-refractivity contribution in [3.63, 3.8) is 0 Å². The lowest BCUT2D eigenvalue weighted by molar-refractivity contribution is 0.122. The fourth-order valence-electron chi connectivity index (χ4n) is 3.98. The van der Waals surface area contributed by atoms with Crippen molar-refractivity contribution in [3.8, 4) is 6.07 Å². The minimum Gasteiger partial charge on any atom is -0.384 e. The molecule has 0 spiro atoms. The summed E-state index contributed by atoms with van der Waals surface area (Å²) in [6.07, 6.45) is 5.80. The summed E-state index contributed by atoms with van der Waals surface area (Å²) in [5.74, 6) is 1.13. The van der Waals surface area contributed by atoms with Gasteiger partial charge in [0.15, 0.2) is 5.65 Å². The number of fused-ring (bicyclic) bond motifs is 1. The lowest BCUT2D eigenvalue weighted by atomic mass is 9.73. The number of ether oxygens (including phenoxy) is 1. The largest absolute Gasteiger partial charge is 0.384 e. The molecule has 0 aliphatic carbocycles. The van der Waals surface area contributed by atoms with Gasteiger partial charge in [0.25, 0.3) is 0 Å². The minimum atomic E-state index is -0.582. The molecule has 28 heavy (non-hydrogen) atoms. The first-order valence-corrected chi connectivity index (χ1v) is 9.49. The third kappa shape index (κ3) is 3.10. The van der Waals surface area contributed by atoms with Crippen LogP contribution in [-0.2, 0) is 10.2 Å². The van der Waals surface area contributed by atoms with Crippen molar-refractivity contribution in [2.24, 2.45) is 5.73 Å². The number of pyridine rings is 1. The molecule has 2 aromatic heterocycles. The normalized spacial score (nSPS) is 20.1. The summed E-state index contributed by atoms with van der Waals surface area (Å²) in [6, 6.07) is 4.64. The van der Waals surface area contributed by atoms with Crippen LogP contribution in [0.1, 0.15) is 18.4 Å². The van der Waals surface area contributed by atoms with E-state index >= 15 is 0 Å². The molecule has 0 bridgehead atoms. The molecule has 2 aliphatic rings. The molecule has 0 radical (unpaired) electrons. The van der Waals surface area contributed by atoms with Crippen molar-refractivity contribution in [2.75, 3.05) is 44.3 Å². The van der Waals surface area contributed by atoms with Gasteiger partial charge in [0.05, 0.1) is 30.9 Å². The zero-order chi connectivity index (χ0) is 19.6. The quantitative estimate of drug-likeness (QED) is 0.670. The highest BCUT2D eigenvalue weighted by atomic mass is 16.5. The minimum absolute atomic E-state index is 0.318. The molecule has 0 amide bonds. The topological polar surface area (TPSA) is 129 Å². The summed E-state index contributed by atoms with van der Waals surface area (Å²) >= 11 is 0. The molecule has 146 valence electrons. The average molecular weight is 380 g/mol. The van der Waals surface area contributed by atoms with Crippen molar-refractivity contribution >= 4 is 28.9 Å². The molecule has 0 saturated carbocycles. The van der Waals surface area contributed by atoms with Crippen LogP contribution < -0.4 is 16.0 Å². The Morgan fingerprint density at radius 3 is 2.79 bits per heavy atom. The lowest BCUT2D eigenvalue weighted by Crippen LogP contribution is -2.40. The number of hydrogen-bond acceptors (Lipinski definition) is 8. The van der Waals surface area contributed by atoms with Crippen LogP contribution in [0.25, 0.3) is 16.9 Å². The Hall–Kier alpha value is -2.96. The predicted molar refractivity (Wildman–Crippen MR) is 107 cm³/mol. The smallest absolute Gasteiger partial charge is 0.167 e. The Morgan fingerprint density at radius 1 is 1.36 bits per heavy atom. The molecule has 4 rings (SSSR count). The highest BCUT2D eigenvalue weighted by Gasteiger charge is 2.37. The molecule has 2 saturated heterocycles. The number of hydrogen-bond donors (Lipinski definition) is 3. The van der Waals surface area contributed by atoms with E-state index in [1.54, 1.807) is 10.9 Å². The van der Waals surface area contributed by atoms with Gasteiger partial charge in [-0.2, -0.15) is 15.0 Å². The van der Waals surface area contributed by atoms with E-state index in [0.717, 1.165) is 62.0 Å². The first kappa shape index (κ1) is 18.4. The third-order valence-corrected chi connectivity index (χ3v) is 5.55. The van der Waals surface area contributed by atoms with E-state index in [1.165, 1.54) is 6.08 Å². The zero-order valence-electron chi connectivity index (χ0n) is 15.7. The number of aromatic nitrogens is 3. The highest BCUT2D eigenvalue weighted by molar-refractivity contribution is 5.86. The molecule has 0 aromatic carbocycles. The second kappa shape index (κ2) is 7.58.